The molecular weight excluding hydrogens is 342 g/mol. The first-order valence-electron chi connectivity index (χ1n) is 8.17. The predicted octanol–water partition coefficient (Wildman–Crippen LogP) is 1.90. The van der Waals surface area contributed by atoms with E-state index < -0.39 is 6.29 Å². The van der Waals surface area contributed by atoms with Gasteiger partial charge in [-0.25, -0.2) is 4.98 Å². The number of carbonyl (C=O) groups is 1. The Bertz CT molecular complexity index is 685. The number of thiophene rings is 1. The molecule has 0 saturated carbocycles. The van der Waals surface area contributed by atoms with Crippen LogP contribution in [0.1, 0.15) is 29.5 Å². The molecule has 0 aliphatic carbocycles. The molecule has 7 nitrogen and oxygen atoms in total. The molecule has 0 fully saturated rings. The van der Waals surface area contributed by atoms with Gasteiger partial charge in [0.1, 0.15) is 5.82 Å². The molecular formula is C17H21N3O4S. The number of carbonyl (C=O) groups excluding carboxylic acids is 1. The summed E-state index contributed by atoms with van der Waals surface area (Å²) in [6, 6.07) is 4.03. The number of aromatic amines is 1. The molecule has 1 aliphatic rings. The third-order valence-electron chi connectivity index (χ3n) is 3.77. The van der Waals surface area contributed by atoms with Crippen LogP contribution in [-0.4, -0.2) is 40.5 Å². The summed E-state index contributed by atoms with van der Waals surface area (Å²) in [4.78, 5) is 20.6. The van der Waals surface area contributed by atoms with E-state index in [1.807, 2.05) is 23.6 Å². The zero-order valence-corrected chi connectivity index (χ0v) is 14.5. The van der Waals surface area contributed by atoms with Crippen molar-refractivity contribution in [2.75, 3.05) is 13.2 Å². The molecule has 0 aromatic carbocycles. The molecule has 3 N–H and O–H groups in total. The minimum atomic E-state index is -0.506. The average Bonchev–Trinajstić information content (AvgIpc) is 3.33. The van der Waals surface area contributed by atoms with Crippen molar-refractivity contribution in [2.24, 2.45) is 0 Å². The average molecular weight is 363 g/mol. The van der Waals surface area contributed by atoms with Crippen molar-refractivity contribution in [3.05, 3.63) is 52.4 Å². The summed E-state index contributed by atoms with van der Waals surface area (Å²) in [5.41, 5.74) is 0. The van der Waals surface area contributed by atoms with E-state index in [1.54, 1.807) is 23.7 Å². The fraction of sp³-hybridized carbons (Fsp3) is 0.412. The van der Waals surface area contributed by atoms with Crippen molar-refractivity contribution in [3.63, 3.8) is 0 Å². The van der Waals surface area contributed by atoms with Crippen LogP contribution in [0, 0.1) is 0 Å². The highest BCUT2D eigenvalue weighted by Gasteiger charge is 2.29. The van der Waals surface area contributed by atoms with E-state index in [9.17, 15) is 4.79 Å². The van der Waals surface area contributed by atoms with Gasteiger partial charge in [-0.05, 0) is 23.9 Å². The number of H-pyrrole nitrogens is 1. The summed E-state index contributed by atoms with van der Waals surface area (Å²) in [6.45, 7) is 0.749. The van der Waals surface area contributed by atoms with E-state index in [1.165, 1.54) is 0 Å². The lowest BCUT2D eigenvalue weighted by Gasteiger charge is -2.28. The summed E-state index contributed by atoms with van der Waals surface area (Å²) in [5.74, 6) is 0.700. The molecule has 0 saturated heterocycles. The highest BCUT2D eigenvalue weighted by Crippen LogP contribution is 2.33. The van der Waals surface area contributed by atoms with Crippen LogP contribution in [0.3, 0.4) is 0 Å². The Hall–Kier alpha value is -2.16. The van der Waals surface area contributed by atoms with Gasteiger partial charge in [-0.1, -0.05) is 6.07 Å². The maximum atomic E-state index is 12.4. The molecule has 2 aromatic heterocycles. The lowest BCUT2D eigenvalue weighted by atomic mass is 9.99. The van der Waals surface area contributed by atoms with Gasteiger partial charge < -0.3 is 24.9 Å². The number of nitrogens with one attached hydrogen (secondary N) is 2. The maximum Gasteiger partial charge on any atom is 0.286 e. The molecule has 0 bridgehead atoms. The van der Waals surface area contributed by atoms with E-state index >= 15 is 0 Å². The second-order valence-corrected chi connectivity index (χ2v) is 6.58. The Kier molecular flexibility index (Phi) is 6.21. The minimum Gasteiger partial charge on any atom is -0.459 e. The fourth-order valence-corrected chi connectivity index (χ4v) is 3.35. The SMILES string of the molecule is O=C(NCc1ncc[nH]1)C1=C[C@@H](c2cccs2)C[C@@H](OCCCO)O1. The monoisotopic (exact) mass is 363 g/mol. The minimum absolute atomic E-state index is 0.0629. The lowest BCUT2D eigenvalue weighted by Crippen LogP contribution is -2.33. The van der Waals surface area contributed by atoms with E-state index in [0.717, 1.165) is 4.88 Å². The Morgan fingerprint density at radius 1 is 1.56 bits per heavy atom. The van der Waals surface area contributed by atoms with Gasteiger partial charge in [0.2, 0.25) is 6.29 Å². The number of allylic oxidation sites excluding steroid dienone is 1. The predicted molar refractivity (Wildman–Crippen MR) is 92.7 cm³/mol. The second-order valence-electron chi connectivity index (χ2n) is 5.60. The fourth-order valence-electron chi connectivity index (χ4n) is 2.54. The largest absolute Gasteiger partial charge is 0.459 e. The van der Waals surface area contributed by atoms with Crippen LogP contribution in [0.5, 0.6) is 0 Å². The molecule has 0 radical (unpaired) electrons. The van der Waals surface area contributed by atoms with Crippen LogP contribution < -0.4 is 5.32 Å². The van der Waals surface area contributed by atoms with Gasteiger partial charge in [0.15, 0.2) is 5.76 Å². The number of aliphatic hydroxyl groups excluding tert-OH is 1. The highest BCUT2D eigenvalue weighted by molar-refractivity contribution is 7.10. The van der Waals surface area contributed by atoms with E-state index in [-0.39, 0.29) is 24.2 Å². The van der Waals surface area contributed by atoms with Gasteiger partial charge in [0.05, 0.1) is 13.2 Å². The molecule has 25 heavy (non-hydrogen) atoms. The Morgan fingerprint density at radius 3 is 3.20 bits per heavy atom. The van der Waals surface area contributed by atoms with Crippen LogP contribution in [0.25, 0.3) is 0 Å². The van der Waals surface area contributed by atoms with Gasteiger partial charge in [-0.3, -0.25) is 4.79 Å². The summed E-state index contributed by atoms with van der Waals surface area (Å²) in [6.07, 6.45) is 5.85. The van der Waals surface area contributed by atoms with Gasteiger partial charge in [0, 0.05) is 36.2 Å². The Labute approximate surface area is 149 Å². The number of ether oxygens (including phenoxy) is 2. The number of hydrogen-bond donors (Lipinski definition) is 3. The first kappa shape index (κ1) is 17.7. The van der Waals surface area contributed by atoms with Crippen LogP contribution in [0.2, 0.25) is 0 Å². The molecule has 2 aromatic rings. The molecule has 1 amide bonds. The smallest absolute Gasteiger partial charge is 0.286 e. The number of hydrogen-bond acceptors (Lipinski definition) is 6. The maximum absolute atomic E-state index is 12.4. The molecule has 1 aliphatic heterocycles. The second kappa shape index (κ2) is 8.80. The van der Waals surface area contributed by atoms with Gasteiger partial charge in [-0.15, -0.1) is 11.3 Å². The van der Waals surface area contributed by atoms with Crippen molar-refractivity contribution in [1.29, 1.82) is 0 Å². The van der Waals surface area contributed by atoms with Gasteiger partial charge in [0.25, 0.3) is 5.91 Å². The Morgan fingerprint density at radius 2 is 2.48 bits per heavy atom. The molecule has 3 rings (SSSR count). The topological polar surface area (TPSA) is 96.5 Å². The third kappa shape index (κ3) is 4.91. The van der Waals surface area contributed by atoms with Crippen LogP contribution >= 0.6 is 11.3 Å². The molecule has 0 spiro atoms. The van der Waals surface area contributed by atoms with Crippen LogP contribution in [0.15, 0.2) is 41.7 Å². The normalized spacial score (nSPS) is 20.0. The van der Waals surface area contributed by atoms with Crippen molar-refractivity contribution in [3.8, 4) is 0 Å². The van der Waals surface area contributed by atoms with Gasteiger partial charge in [-0.2, -0.15) is 0 Å². The van der Waals surface area contributed by atoms with E-state index in [0.29, 0.717) is 31.8 Å². The van der Waals surface area contributed by atoms with Crippen LogP contribution in [-0.2, 0) is 20.8 Å². The first-order chi connectivity index (χ1) is 12.3. The molecule has 134 valence electrons. The number of aromatic nitrogens is 2. The van der Waals surface area contributed by atoms with Crippen LogP contribution in [0.4, 0.5) is 0 Å². The standard InChI is InChI=1S/C17H21N3O4S/c21-6-2-7-23-16-10-12(14-3-1-8-25-14)9-13(24-16)17(22)20-11-15-18-4-5-19-15/h1,3-5,8-9,12,16,21H,2,6-7,10-11H2,(H,18,19)(H,20,22)/t12-,16+/m1/s1. The summed E-state index contributed by atoms with van der Waals surface area (Å²) < 4.78 is 11.4. The number of rotatable bonds is 8. The molecule has 8 heteroatoms. The van der Waals surface area contributed by atoms with E-state index in [2.05, 4.69) is 15.3 Å². The van der Waals surface area contributed by atoms with Gasteiger partial charge >= 0.3 is 0 Å². The highest BCUT2D eigenvalue weighted by atomic mass is 32.1. The molecule has 2 atom stereocenters. The van der Waals surface area contributed by atoms with E-state index in [4.69, 9.17) is 14.6 Å². The zero-order chi connectivity index (χ0) is 17.5. The molecule has 0 unspecified atom stereocenters. The molecule has 3 heterocycles. The lowest BCUT2D eigenvalue weighted by molar-refractivity contribution is -0.147. The number of amides is 1. The number of imidazole rings is 1. The zero-order valence-electron chi connectivity index (χ0n) is 13.7. The first-order valence-corrected chi connectivity index (χ1v) is 9.05. The number of aliphatic hydroxyl groups is 1. The quantitative estimate of drug-likeness (QED) is 0.623. The Balaban J connectivity index is 1.66. The summed E-state index contributed by atoms with van der Waals surface area (Å²) in [7, 11) is 0. The summed E-state index contributed by atoms with van der Waals surface area (Å²) >= 11 is 1.64. The van der Waals surface area contributed by atoms with Crippen molar-refractivity contribution >= 4 is 17.2 Å². The van der Waals surface area contributed by atoms with Crippen molar-refractivity contribution in [2.45, 2.75) is 31.6 Å². The third-order valence-corrected chi connectivity index (χ3v) is 4.77. The van der Waals surface area contributed by atoms with Crippen molar-refractivity contribution in [1.82, 2.24) is 15.3 Å². The van der Waals surface area contributed by atoms with Crippen molar-refractivity contribution < 1.29 is 19.4 Å². The number of nitrogens with zero attached hydrogens (tertiary/aromatic N) is 1. The summed E-state index contributed by atoms with van der Waals surface area (Å²) in [5, 5.41) is 13.7.